The molecule has 3 heterocycles. The number of hydrogen-bond acceptors (Lipinski definition) is 4. The average molecular weight is 344 g/mol. The van der Waals surface area contributed by atoms with Crippen LogP contribution in [0.5, 0.6) is 0 Å². The quantitative estimate of drug-likeness (QED) is 0.781. The van der Waals surface area contributed by atoms with Gasteiger partial charge in [-0.15, -0.1) is 11.3 Å². The Hall–Kier alpha value is -1.43. The van der Waals surface area contributed by atoms with Gasteiger partial charge in [0.1, 0.15) is 6.10 Å². The van der Waals surface area contributed by atoms with Crippen LogP contribution in [-0.2, 0) is 4.79 Å². The lowest BCUT2D eigenvalue weighted by Gasteiger charge is -2.28. The second kappa shape index (κ2) is 6.82. The number of fused-ring (bicyclic) bond motifs is 3. The smallest absolute Gasteiger partial charge is 0.220 e. The molecule has 1 amide bonds. The van der Waals surface area contributed by atoms with Crippen molar-refractivity contribution >= 4 is 27.3 Å². The normalized spacial score (nSPS) is 27.3. The van der Waals surface area contributed by atoms with Crippen LogP contribution in [0, 0.1) is 5.92 Å². The van der Waals surface area contributed by atoms with Crippen molar-refractivity contribution in [3.63, 3.8) is 0 Å². The number of hydrogen-bond donors (Lipinski definition) is 3. The second-order valence-electron chi connectivity index (χ2n) is 7.19. The molecule has 0 spiro atoms. The Kier molecular flexibility index (Phi) is 4.57. The summed E-state index contributed by atoms with van der Waals surface area (Å²) in [7, 11) is 0. The predicted molar refractivity (Wildman–Crippen MR) is 97.1 cm³/mol. The standard InChI is InChI=1S/C19H24N2O2S/c22-16(18-10-13-3-1-2-4-17(13)24-18)11-20-19(23)9-12-7-14-5-6-15(8-12)21-14/h1-4,10,12,14-16,21-22H,5-9,11H2,(H,20,23). The Labute approximate surface area is 146 Å². The molecule has 3 atom stereocenters. The summed E-state index contributed by atoms with van der Waals surface area (Å²) in [4.78, 5) is 13.1. The average Bonchev–Trinajstić information content (AvgIpc) is 3.15. The summed E-state index contributed by atoms with van der Waals surface area (Å²) in [5, 5.41) is 18.0. The Morgan fingerprint density at radius 1 is 1.29 bits per heavy atom. The van der Waals surface area contributed by atoms with Gasteiger partial charge in [-0.05, 0) is 49.1 Å². The number of nitrogens with one attached hydrogen (secondary N) is 2. The highest BCUT2D eigenvalue weighted by molar-refractivity contribution is 7.19. The molecule has 2 fully saturated rings. The molecule has 0 radical (unpaired) electrons. The monoisotopic (exact) mass is 344 g/mol. The van der Waals surface area contributed by atoms with E-state index in [4.69, 9.17) is 0 Å². The number of thiophene rings is 1. The molecule has 2 aromatic rings. The van der Waals surface area contributed by atoms with E-state index >= 15 is 0 Å². The van der Waals surface area contributed by atoms with Crippen LogP contribution in [0.2, 0.25) is 0 Å². The molecule has 24 heavy (non-hydrogen) atoms. The highest BCUT2D eigenvalue weighted by Gasteiger charge is 2.34. The number of piperidine rings is 1. The van der Waals surface area contributed by atoms with Crippen molar-refractivity contribution in [2.45, 2.75) is 50.3 Å². The lowest BCUT2D eigenvalue weighted by Crippen LogP contribution is -2.40. The first-order chi connectivity index (χ1) is 11.7. The first-order valence-corrected chi connectivity index (χ1v) is 9.68. The van der Waals surface area contributed by atoms with Gasteiger partial charge in [-0.1, -0.05) is 18.2 Å². The van der Waals surface area contributed by atoms with E-state index in [1.165, 1.54) is 17.5 Å². The SMILES string of the molecule is O=C(CC1CC2CCC(C1)N2)NCC(O)c1cc2ccccc2s1. The van der Waals surface area contributed by atoms with Gasteiger partial charge >= 0.3 is 0 Å². The number of carbonyl (C=O) groups excluding carboxylic acids is 1. The van der Waals surface area contributed by atoms with Crippen molar-refractivity contribution in [1.29, 1.82) is 0 Å². The maximum absolute atomic E-state index is 12.2. The molecule has 2 aliphatic heterocycles. The van der Waals surface area contributed by atoms with Crippen molar-refractivity contribution in [2.75, 3.05) is 6.54 Å². The van der Waals surface area contributed by atoms with Crippen LogP contribution < -0.4 is 10.6 Å². The Balaban J connectivity index is 1.28. The van der Waals surface area contributed by atoms with Crippen molar-refractivity contribution in [3.8, 4) is 0 Å². The van der Waals surface area contributed by atoms with Gasteiger partial charge in [0, 0.05) is 34.6 Å². The minimum absolute atomic E-state index is 0.0708. The minimum Gasteiger partial charge on any atom is -0.386 e. The zero-order chi connectivity index (χ0) is 16.5. The van der Waals surface area contributed by atoms with E-state index in [9.17, 15) is 9.90 Å². The number of amides is 1. The fourth-order valence-electron chi connectivity index (χ4n) is 4.15. The molecule has 3 unspecified atom stereocenters. The van der Waals surface area contributed by atoms with E-state index in [1.54, 1.807) is 11.3 Å². The fraction of sp³-hybridized carbons (Fsp3) is 0.526. The van der Waals surface area contributed by atoms with Crippen LogP contribution in [0.4, 0.5) is 0 Å². The largest absolute Gasteiger partial charge is 0.386 e. The summed E-state index contributed by atoms with van der Waals surface area (Å²) in [6, 6.07) is 11.4. The number of aliphatic hydroxyl groups excluding tert-OH is 1. The summed E-state index contributed by atoms with van der Waals surface area (Å²) in [5.41, 5.74) is 0. The van der Waals surface area contributed by atoms with Crippen LogP contribution >= 0.6 is 11.3 Å². The molecule has 2 aliphatic rings. The molecule has 0 aliphatic carbocycles. The third-order valence-electron chi connectivity index (χ3n) is 5.31. The summed E-state index contributed by atoms with van der Waals surface area (Å²) < 4.78 is 1.17. The van der Waals surface area contributed by atoms with E-state index in [0.717, 1.165) is 23.1 Å². The van der Waals surface area contributed by atoms with Gasteiger partial charge in [0.2, 0.25) is 5.91 Å². The summed E-state index contributed by atoms with van der Waals surface area (Å²) in [6.07, 6.45) is 4.70. The summed E-state index contributed by atoms with van der Waals surface area (Å²) in [5.74, 6) is 0.562. The van der Waals surface area contributed by atoms with Gasteiger partial charge in [0.05, 0.1) is 0 Å². The molecule has 1 aromatic carbocycles. The zero-order valence-corrected chi connectivity index (χ0v) is 14.5. The van der Waals surface area contributed by atoms with E-state index in [-0.39, 0.29) is 5.91 Å². The second-order valence-corrected chi connectivity index (χ2v) is 8.30. The van der Waals surface area contributed by atoms with E-state index in [0.29, 0.717) is 31.0 Å². The molecule has 2 saturated heterocycles. The van der Waals surface area contributed by atoms with Gasteiger partial charge in [0.25, 0.3) is 0 Å². The summed E-state index contributed by atoms with van der Waals surface area (Å²) in [6.45, 7) is 0.295. The number of carbonyl (C=O) groups is 1. The van der Waals surface area contributed by atoms with Crippen LogP contribution in [0.25, 0.3) is 10.1 Å². The molecule has 4 rings (SSSR count). The molecule has 0 saturated carbocycles. The predicted octanol–water partition coefficient (Wildman–Crippen LogP) is 2.97. The number of aliphatic hydroxyl groups is 1. The molecule has 2 bridgehead atoms. The minimum atomic E-state index is -0.629. The van der Waals surface area contributed by atoms with Gasteiger partial charge in [0.15, 0.2) is 0 Å². The fourth-order valence-corrected chi connectivity index (χ4v) is 5.20. The lowest BCUT2D eigenvalue weighted by atomic mass is 9.89. The van der Waals surface area contributed by atoms with Crippen LogP contribution in [0.1, 0.15) is 43.1 Å². The molecule has 5 heteroatoms. The van der Waals surface area contributed by atoms with Crippen LogP contribution in [-0.4, -0.2) is 29.6 Å². The molecular formula is C19H24N2O2S. The third kappa shape index (κ3) is 3.48. The topological polar surface area (TPSA) is 61.4 Å². The molecule has 1 aromatic heterocycles. The van der Waals surface area contributed by atoms with Crippen molar-refractivity contribution in [3.05, 3.63) is 35.2 Å². The van der Waals surface area contributed by atoms with E-state index in [1.807, 2.05) is 24.3 Å². The van der Waals surface area contributed by atoms with Gasteiger partial charge in [-0.2, -0.15) is 0 Å². The summed E-state index contributed by atoms with van der Waals surface area (Å²) >= 11 is 1.59. The first-order valence-electron chi connectivity index (χ1n) is 8.86. The Morgan fingerprint density at radius 3 is 2.79 bits per heavy atom. The van der Waals surface area contributed by atoms with Gasteiger partial charge in [-0.25, -0.2) is 0 Å². The van der Waals surface area contributed by atoms with E-state index < -0.39 is 6.10 Å². The molecule has 3 N–H and O–H groups in total. The molecular weight excluding hydrogens is 320 g/mol. The molecule has 128 valence electrons. The van der Waals surface area contributed by atoms with Gasteiger partial charge in [-0.3, -0.25) is 4.79 Å². The number of benzene rings is 1. The highest BCUT2D eigenvalue weighted by atomic mass is 32.1. The maximum atomic E-state index is 12.2. The zero-order valence-electron chi connectivity index (χ0n) is 13.7. The van der Waals surface area contributed by atoms with E-state index in [2.05, 4.69) is 16.7 Å². The van der Waals surface area contributed by atoms with Crippen molar-refractivity contribution in [1.82, 2.24) is 10.6 Å². The van der Waals surface area contributed by atoms with Crippen LogP contribution in [0.3, 0.4) is 0 Å². The Bertz CT molecular complexity index is 684. The van der Waals surface area contributed by atoms with Crippen molar-refractivity contribution in [2.24, 2.45) is 5.92 Å². The molecule has 4 nitrogen and oxygen atoms in total. The van der Waals surface area contributed by atoms with Gasteiger partial charge < -0.3 is 15.7 Å². The maximum Gasteiger partial charge on any atom is 0.220 e. The number of rotatable bonds is 5. The first kappa shape index (κ1) is 16.1. The lowest BCUT2D eigenvalue weighted by molar-refractivity contribution is -0.122. The van der Waals surface area contributed by atoms with Crippen LogP contribution in [0.15, 0.2) is 30.3 Å². The highest BCUT2D eigenvalue weighted by Crippen LogP contribution is 2.33. The third-order valence-corrected chi connectivity index (χ3v) is 6.53. The van der Waals surface area contributed by atoms with Crippen molar-refractivity contribution < 1.29 is 9.90 Å². The Morgan fingerprint density at radius 2 is 2.04 bits per heavy atom.